The molecule has 0 saturated carbocycles. The number of nitro benzene ring substituents is 1. The van der Waals surface area contributed by atoms with E-state index in [0.717, 1.165) is 25.7 Å². The highest BCUT2D eigenvalue weighted by Gasteiger charge is 2.36. The maximum Gasteiger partial charge on any atom is 0.327 e. The number of nitrogens with zero attached hydrogens (tertiary/aromatic N) is 2. The van der Waals surface area contributed by atoms with Gasteiger partial charge >= 0.3 is 5.69 Å². The smallest absolute Gasteiger partial charge is 0.327 e. The van der Waals surface area contributed by atoms with Gasteiger partial charge in [-0.25, -0.2) is 0 Å². The fraction of sp³-hybridized carbons (Fsp3) is 0.636. The molecule has 1 aromatic carbocycles. The largest absolute Gasteiger partial charge is 0.493 e. The highest BCUT2D eigenvalue weighted by Crippen LogP contribution is 2.46. The van der Waals surface area contributed by atoms with Crippen LogP contribution < -0.4 is 19.5 Å². The van der Waals surface area contributed by atoms with Crippen molar-refractivity contribution in [1.29, 1.82) is 0 Å². The van der Waals surface area contributed by atoms with Crippen molar-refractivity contribution in [2.24, 2.45) is 5.92 Å². The van der Waals surface area contributed by atoms with Crippen molar-refractivity contribution in [3.8, 4) is 17.2 Å². The van der Waals surface area contributed by atoms with Gasteiger partial charge in [-0.3, -0.25) is 19.7 Å². The number of ether oxygens (including phenoxy) is 3. The zero-order valence-corrected chi connectivity index (χ0v) is 19.3. The number of carbonyl (C=O) groups excluding carboxylic acids is 2. The van der Waals surface area contributed by atoms with E-state index < -0.39 is 16.5 Å². The molecule has 1 unspecified atom stereocenters. The van der Waals surface area contributed by atoms with Gasteiger partial charge in [-0.1, -0.05) is 26.2 Å². The normalized spacial score (nSPS) is 15.8. The molecule has 1 N–H and O–H groups in total. The van der Waals surface area contributed by atoms with Gasteiger partial charge < -0.3 is 24.4 Å². The Morgan fingerprint density at radius 3 is 2.47 bits per heavy atom. The lowest BCUT2D eigenvalue weighted by atomic mass is 9.96. The number of nitro groups is 1. The SMILES string of the molecule is CCCCCCNC(=O)C1CCCN(C(=O)c2cc(OC)c(OC)c(OC)c2[N+](=O)[O-])C1. The van der Waals surface area contributed by atoms with Crippen molar-refractivity contribution in [3.05, 3.63) is 21.7 Å². The Morgan fingerprint density at radius 1 is 1.16 bits per heavy atom. The van der Waals surface area contributed by atoms with Crippen LogP contribution in [-0.2, 0) is 4.79 Å². The van der Waals surface area contributed by atoms with Gasteiger partial charge in [-0.2, -0.15) is 0 Å². The van der Waals surface area contributed by atoms with Gasteiger partial charge in [0.1, 0.15) is 5.56 Å². The summed E-state index contributed by atoms with van der Waals surface area (Å²) in [5.74, 6) is -0.970. The summed E-state index contributed by atoms with van der Waals surface area (Å²) in [6, 6.07) is 1.29. The summed E-state index contributed by atoms with van der Waals surface area (Å²) in [6.07, 6.45) is 5.55. The Kier molecular flexibility index (Phi) is 9.55. The molecule has 2 rings (SSSR count). The third-order valence-electron chi connectivity index (χ3n) is 5.63. The zero-order chi connectivity index (χ0) is 23.7. The lowest BCUT2D eigenvalue weighted by Gasteiger charge is -2.32. The lowest BCUT2D eigenvalue weighted by Crippen LogP contribution is -2.45. The van der Waals surface area contributed by atoms with E-state index in [2.05, 4.69) is 12.2 Å². The standard InChI is InChI=1S/C22H33N3O7/c1-5-6-7-8-11-23-21(26)15-10-9-12-24(14-15)22(27)16-13-17(30-2)19(31-3)20(32-4)18(16)25(28)29/h13,15H,5-12,14H2,1-4H3,(H,23,26). The number of hydrogen-bond acceptors (Lipinski definition) is 7. The minimum Gasteiger partial charge on any atom is -0.493 e. The van der Waals surface area contributed by atoms with Crippen LogP contribution in [0.5, 0.6) is 17.2 Å². The second kappa shape index (κ2) is 12.1. The number of rotatable bonds is 11. The van der Waals surface area contributed by atoms with Gasteiger partial charge in [0.05, 0.1) is 32.2 Å². The van der Waals surface area contributed by atoms with Gasteiger partial charge in [0.25, 0.3) is 5.91 Å². The molecule has 1 saturated heterocycles. The molecule has 1 atom stereocenters. The first-order chi connectivity index (χ1) is 15.4. The second-order valence-electron chi connectivity index (χ2n) is 7.74. The van der Waals surface area contributed by atoms with Crippen LogP contribution >= 0.6 is 0 Å². The molecule has 1 aliphatic rings. The predicted molar refractivity (Wildman–Crippen MR) is 119 cm³/mol. The number of amides is 2. The fourth-order valence-electron chi connectivity index (χ4n) is 3.94. The summed E-state index contributed by atoms with van der Waals surface area (Å²) in [5.41, 5.74) is -0.650. The number of likely N-dealkylation sites (tertiary alicyclic amines) is 1. The van der Waals surface area contributed by atoms with Gasteiger partial charge in [0.2, 0.25) is 17.4 Å². The van der Waals surface area contributed by atoms with Gasteiger partial charge in [0.15, 0.2) is 5.75 Å². The van der Waals surface area contributed by atoms with E-state index in [9.17, 15) is 19.7 Å². The molecular formula is C22H33N3O7. The first kappa shape index (κ1) is 25.2. The molecule has 1 heterocycles. The number of nitrogens with one attached hydrogen (secondary N) is 1. The molecular weight excluding hydrogens is 418 g/mol. The Balaban J connectivity index is 2.23. The van der Waals surface area contributed by atoms with Gasteiger partial charge in [0, 0.05) is 25.7 Å². The third-order valence-corrected chi connectivity index (χ3v) is 5.63. The van der Waals surface area contributed by atoms with E-state index in [-0.39, 0.29) is 41.2 Å². The fourth-order valence-corrected chi connectivity index (χ4v) is 3.94. The van der Waals surface area contributed by atoms with Crippen LogP contribution in [0.4, 0.5) is 5.69 Å². The van der Waals surface area contributed by atoms with Crippen LogP contribution in [-0.4, -0.2) is 62.6 Å². The first-order valence-corrected chi connectivity index (χ1v) is 10.9. The average molecular weight is 452 g/mol. The number of benzene rings is 1. The Labute approximate surface area is 188 Å². The van der Waals surface area contributed by atoms with Crippen LogP contribution in [0.1, 0.15) is 55.8 Å². The van der Waals surface area contributed by atoms with Gasteiger partial charge in [-0.15, -0.1) is 0 Å². The molecule has 1 aliphatic heterocycles. The predicted octanol–water partition coefficient (Wildman–Crippen LogP) is 3.17. The molecule has 0 radical (unpaired) electrons. The summed E-state index contributed by atoms with van der Waals surface area (Å²) in [4.78, 5) is 38.5. The van der Waals surface area contributed by atoms with Gasteiger partial charge in [-0.05, 0) is 19.3 Å². The first-order valence-electron chi connectivity index (χ1n) is 10.9. The summed E-state index contributed by atoms with van der Waals surface area (Å²) in [6.45, 7) is 3.35. The molecule has 0 aromatic heterocycles. The highest BCUT2D eigenvalue weighted by molar-refractivity contribution is 6.01. The summed E-state index contributed by atoms with van der Waals surface area (Å²) in [7, 11) is 3.97. The number of hydrogen-bond donors (Lipinski definition) is 1. The van der Waals surface area contributed by atoms with Crippen LogP contribution in [0.25, 0.3) is 0 Å². The minimum absolute atomic E-state index is 0.0391. The molecule has 0 aliphatic carbocycles. The molecule has 32 heavy (non-hydrogen) atoms. The molecule has 0 bridgehead atoms. The van der Waals surface area contributed by atoms with E-state index >= 15 is 0 Å². The average Bonchev–Trinajstić information content (AvgIpc) is 2.81. The van der Waals surface area contributed by atoms with Crippen molar-refractivity contribution in [2.75, 3.05) is 41.0 Å². The minimum atomic E-state index is -0.668. The molecule has 2 amide bonds. The number of methoxy groups -OCH3 is 3. The van der Waals surface area contributed by atoms with E-state index in [1.165, 1.54) is 32.3 Å². The van der Waals surface area contributed by atoms with E-state index in [0.29, 0.717) is 25.9 Å². The quantitative estimate of drug-likeness (QED) is 0.312. The summed E-state index contributed by atoms with van der Waals surface area (Å²) in [5, 5.41) is 14.8. The van der Waals surface area contributed by atoms with Crippen molar-refractivity contribution >= 4 is 17.5 Å². The van der Waals surface area contributed by atoms with Crippen LogP contribution in [0.3, 0.4) is 0 Å². The van der Waals surface area contributed by atoms with E-state index in [1.807, 2.05) is 0 Å². The lowest BCUT2D eigenvalue weighted by molar-refractivity contribution is -0.386. The molecule has 178 valence electrons. The molecule has 1 fully saturated rings. The Hall–Kier alpha value is -3.04. The Bertz CT molecular complexity index is 828. The topological polar surface area (TPSA) is 120 Å². The van der Waals surface area contributed by atoms with Crippen LogP contribution in [0.2, 0.25) is 0 Å². The van der Waals surface area contributed by atoms with E-state index in [1.54, 1.807) is 0 Å². The van der Waals surface area contributed by atoms with Crippen LogP contribution in [0.15, 0.2) is 6.07 Å². The monoisotopic (exact) mass is 451 g/mol. The van der Waals surface area contributed by atoms with E-state index in [4.69, 9.17) is 14.2 Å². The molecule has 10 nitrogen and oxygen atoms in total. The zero-order valence-electron chi connectivity index (χ0n) is 19.3. The molecule has 1 aromatic rings. The summed E-state index contributed by atoms with van der Waals surface area (Å²) < 4.78 is 15.7. The molecule has 10 heteroatoms. The maximum atomic E-state index is 13.3. The number of unbranched alkanes of at least 4 members (excludes halogenated alkanes) is 3. The van der Waals surface area contributed by atoms with Crippen molar-refractivity contribution in [3.63, 3.8) is 0 Å². The number of carbonyl (C=O) groups is 2. The van der Waals surface area contributed by atoms with Crippen molar-refractivity contribution in [1.82, 2.24) is 10.2 Å². The number of piperidine rings is 1. The second-order valence-corrected chi connectivity index (χ2v) is 7.74. The maximum absolute atomic E-state index is 13.3. The molecule has 0 spiro atoms. The Morgan fingerprint density at radius 2 is 1.88 bits per heavy atom. The van der Waals surface area contributed by atoms with Crippen molar-refractivity contribution in [2.45, 2.75) is 45.4 Å². The third kappa shape index (κ3) is 5.80. The van der Waals surface area contributed by atoms with Crippen molar-refractivity contribution < 1.29 is 28.7 Å². The summed E-state index contributed by atoms with van der Waals surface area (Å²) >= 11 is 0. The highest BCUT2D eigenvalue weighted by atomic mass is 16.6. The van der Waals surface area contributed by atoms with Crippen LogP contribution in [0, 0.1) is 16.0 Å².